The first-order chi connectivity index (χ1) is 8.16. The van der Waals surface area contributed by atoms with E-state index in [0.717, 1.165) is 18.7 Å². The molecule has 0 radical (unpaired) electrons. The summed E-state index contributed by atoms with van der Waals surface area (Å²) in [6, 6.07) is 9.76. The summed E-state index contributed by atoms with van der Waals surface area (Å²) < 4.78 is 5.25. The Hall–Kier alpha value is -1.51. The fourth-order valence-corrected chi connectivity index (χ4v) is 1.89. The van der Waals surface area contributed by atoms with Gasteiger partial charge in [-0.2, -0.15) is 0 Å². The lowest BCUT2D eigenvalue weighted by molar-refractivity contribution is 0.0359. The van der Waals surface area contributed by atoms with Crippen molar-refractivity contribution in [2.24, 2.45) is 11.8 Å². The average Bonchev–Trinajstić information content (AvgIpc) is 2.25. The molecule has 1 fully saturated rings. The summed E-state index contributed by atoms with van der Waals surface area (Å²) in [6.07, 6.45) is -0.189. The van der Waals surface area contributed by atoms with Gasteiger partial charge in [0.15, 0.2) is 0 Å². The molecule has 0 bridgehead atoms. The second kappa shape index (κ2) is 5.21. The predicted molar refractivity (Wildman–Crippen MR) is 66.5 cm³/mol. The summed E-state index contributed by atoms with van der Waals surface area (Å²) in [5.41, 5.74) is 1.03. The van der Waals surface area contributed by atoms with Gasteiger partial charge in [0.05, 0.1) is 0 Å². The lowest BCUT2D eigenvalue weighted by atomic mass is 9.89. The molecule has 0 aromatic heterocycles. The van der Waals surface area contributed by atoms with E-state index >= 15 is 0 Å². The van der Waals surface area contributed by atoms with Gasteiger partial charge in [-0.05, 0) is 17.4 Å². The fraction of sp³-hybridized carbons (Fsp3) is 0.500. The van der Waals surface area contributed by atoms with Crippen LogP contribution in [0.3, 0.4) is 0 Å². The Morgan fingerprint density at radius 1 is 1.35 bits per heavy atom. The summed E-state index contributed by atoms with van der Waals surface area (Å²) in [4.78, 5) is 13.4. The standard InChI is InChI=1S/C14H19NO2/c1-11(2)13-8-15(9-13)14(16)17-10-12-6-4-3-5-7-12/h3-7,11,13H,8-10H2,1-2H3. The van der Waals surface area contributed by atoms with Crippen molar-refractivity contribution >= 4 is 6.09 Å². The summed E-state index contributed by atoms with van der Waals surface area (Å²) in [5.74, 6) is 1.28. The van der Waals surface area contributed by atoms with Crippen LogP contribution in [0.2, 0.25) is 0 Å². The maximum Gasteiger partial charge on any atom is 0.410 e. The molecule has 1 aromatic carbocycles. The van der Waals surface area contributed by atoms with Crippen LogP contribution in [0, 0.1) is 11.8 Å². The highest BCUT2D eigenvalue weighted by Gasteiger charge is 2.33. The lowest BCUT2D eigenvalue weighted by Gasteiger charge is -2.40. The fourth-order valence-electron chi connectivity index (χ4n) is 1.89. The zero-order valence-corrected chi connectivity index (χ0v) is 10.4. The van der Waals surface area contributed by atoms with Gasteiger partial charge in [0.1, 0.15) is 6.61 Å². The molecule has 2 rings (SSSR count). The molecule has 0 spiro atoms. The van der Waals surface area contributed by atoms with Crippen LogP contribution in [0.5, 0.6) is 0 Å². The maximum absolute atomic E-state index is 11.7. The minimum absolute atomic E-state index is 0.189. The molecule has 1 saturated heterocycles. The van der Waals surface area contributed by atoms with Crippen LogP contribution in [0.1, 0.15) is 19.4 Å². The first kappa shape index (κ1) is 12.0. The Labute approximate surface area is 102 Å². The molecule has 1 heterocycles. The normalized spacial score (nSPS) is 15.8. The summed E-state index contributed by atoms with van der Waals surface area (Å²) in [7, 11) is 0. The van der Waals surface area contributed by atoms with Crippen LogP contribution in [-0.2, 0) is 11.3 Å². The predicted octanol–water partition coefficient (Wildman–Crippen LogP) is 2.91. The topological polar surface area (TPSA) is 29.5 Å². The number of benzene rings is 1. The van der Waals surface area contributed by atoms with E-state index in [1.807, 2.05) is 30.3 Å². The van der Waals surface area contributed by atoms with Gasteiger partial charge in [-0.3, -0.25) is 0 Å². The van der Waals surface area contributed by atoms with Crippen LogP contribution in [0.15, 0.2) is 30.3 Å². The minimum Gasteiger partial charge on any atom is -0.445 e. The first-order valence-corrected chi connectivity index (χ1v) is 6.12. The number of ether oxygens (including phenoxy) is 1. The second-order valence-corrected chi connectivity index (χ2v) is 4.95. The third-order valence-corrected chi connectivity index (χ3v) is 3.32. The largest absolute Gasteiger partial charge is 0.445 e. The van der Waals surface area contributed by atoms with Crippen LogP contribution < -0.4 is 0 Å². The van der Waals surface area contributed by atoms with Gasteiger partial charge in [-0.1, -0.05) is 44.2 Å². The molecule has 3 nitrogen and oxygen atoms in total. The van der Waals surface area contributed by atoms with Crippen LogP contribution in [0.25, 0.3) is 0 Å². The quantitative estimate of drug-likeness (QED) is 0.803. The second-order valence-electron chi connectivity index (χ2n) is 4.95. The number of hydrogen-bond donors (Lipinski definition) is 0. The number of nitrogens with zero attached hydrogens (tertiary/aromatic N) is 1. The number of hydrogen-bond acceptors (Lipinski definition) is 2. The Balaban J connectivity index is 1.73. The molecule has 3 heteroatoms. The molecule has 1 aliphatic heterocycles. The van der Waals surface area contributed by atoms with Gasteiger partial charge < -0.3 is 9.64 Å². The van der Waals surface area contributed by atoms with E-state index in [1.54, 1.807) is 4.90 Å². The van der Waals surface area contributed by atoms with Crippen molar-refractivity contribution < 1.29 is 9.53 Å². The van der Waals surface area contributed by atoms with E-state index in [4.69, 9.17) is 4.74 Å². The Bertz CT molecular complexity index is 369. The third kappa shape index (κ3) is 2.99. The minimum atomic E-state index is -0.189. The van der Waals surface area contributed by atoms with E-state index in [2.05, 4.69) is 13.8 Å². The molecule has 0 atom stereocenters. The first-order valence-electron chi connectivity index (χ1n) is 6.12. The maximum atomic E-state index is 11.7. The molecule has 92 valence electrons. The van der Waals surface area contributed by atoms with Gasteiger partial charge in [-0.15, -0.1) is 0 Å². The highest BCUT2D eigenvalue weighted by Crippen LogP contribution is 2.23. The van der Waals surface area contributed by atoms with E-state index in [9.17, 15) is 4.79 Å². The molecule has 1 amide bonds. The molecule has 0 aliphatic carbocycles. The average molecular weight is 233 g/mol. The Kier molecular flexibility index (Phi) is 3.67. The Morgan fingerprint density at radius 2 is 2.00 bits per heavy atom. The van der Waals surface area contributed by atoms with Gasteiger partial charge in [0, 0.05) is 13.1 Å². The van der Waals surface area contributed by atoms with Gasteiger partial charge in [-0.25, -0.2) is 4.79 Å². The van der Waals surface area contributed by atoms with E-state index in [-0.39, 0.29) is 6.09 Å². The SMILES string of the molecule is CC(C)C1CN(C(=O)OCc2ccccc2)C1. The lowest BCUT2D eigenvalue weighted by Crippen LogP contribution is -2.51. The van der Waals surface area contributed by atoms with Crippen molar-refractivity contribution in [1.29, 1.82) is 0 Å². The summed E-state index contributed by atoms with van der Waals surface area (Å²) >= 11 is 0. The molecule has 17 heavy (non-hydrogen) atoms. The highest BCUT2D eigenvalue weighted by atomic mass is 16.6. The molecule has 1 aliphatic rings. The molecule has 1 aromatic rings. The summed E-state index contributed by atoms with van der Waals surface area (Å²) in [5, 5.41) is 0. The Morgan fingerprint density at radius 3 is 2.59 bits per heavy atom. The zero-order chi connectivity index (χ0) is 12.3. The van der Waals surface area contributed by atoms with Gasteiger partial charge in [0.2, 0.25) is 0 Å². The highest BCUT2D eigenvalue weighted by molar-refractivity contribution is 5.68. The molecule has 0 unspecified atom stereocenters. The van der Waals surface area contributed by atoms with Crippen molar-refractivity contribution in [2.45, 2.75) is 20.5 Å². The van der Waals surface area contributed by atoms with E-state index < -0.39 is 0 Å². The smallest absolute Gasteiger partial charge is 0.410 e. The molecule has 0 N–H and O–H groups in total. The van der Waals surface area contributed by atoms with Crippen molar-refractivity contribution in [1.82, 2.24) is 4.90 Å². The summed E-state index contributed by atoms with van der Waals surface area (Å²) in [6.45, 7) is 6.42. The number of amides is 1. The third-order valence-electron chi connectivity index (χ3n) is 3.32. The monoisotopic (exact) mass is 233 g/mol. The van der Waals surface area contributed by atoms with E-state index in [0.29, 0.717) is 18.4 Å². The van der Waals surface area contributed by atoms with Crippen molar-refractivity contribution in [3.63, 3.8) is 0 Å². The van der Waals surface area contributed by atoms with Crippen molar-refractivity contribution in [2.75, 3.05) is 13.1 Å². The number of rotatable bonds is 3. The van der Waals surface area contributed by atoms with Gasteiger partial charge >= 0.3 is 6.09 Å². The van der Waals surface area contributed by atoms with Crippen molar-refractivity contribution in [3.05, 3.63) is 35.9 Å². The number of carbonyl (C=O) groups excluding carboxylic acids is 1. The number of likely N-dealkylation sites (tertiary alicyclic amines) is 1. The molecule has 0 saturated carbocycles. The molecular weight excluding hydrogens is 214 g/mol. The van der Waals surface area contributed by atoms with Crippen LogP contribution in [0.4, 0.5) is 4.79 Å². The number of carbonyl (C=O) groups is 1. The van der Waals surface area contributed by atoms with E-state index in [1.165, 1.54) is 0 Å². The molecular formula is C14H19NO2. The van der Waals surface area contributed by atoms with Crippen LogP contribution in [-0.4, -0.2) is 24.1 Å². The van der Waals surface area contributed by atoms with Gasteiger partial charge in [0.25, 0.3) is 0 Å². The van der Waals surface area contributed by atoms with Crippen LogP contribution >= 0.6 is 0 Å². The van der Waals surface area contributed by atoms with Crippen molar-refractivity contribution in [3.8, 4) is 0 Å². The zero-order valence-electron chi connectivity index (χ0n) is 10.4.